The summed E-state index contributed by atoms with van der Waals surface area (Å²) in [4.78, 5) is 0. The molecule has 174 valence electrons. The Bertz CT molecular complexity index is 1030. The van der Waals surface area contributed by atoms with Crippen LogP contribution in [0.5, 0.6) is 0 Å². The molecule has 0 aromatic heterocycles. The monoisotopic (exact) mass is 487 g/mol. The number of nitrogens with zero attached hydrogens (tertiary/aromatic N) is 3. The minimum Gasteiger partial charge on any atom is -0.222 e. The number of hydrazine groups is 1. The summed E-state index contributed by atoms with van der Waals surface area (Å²) in [6, 6.07) is 16.7. The van der Waals surface area contributed by atoms with Crippen LogP contribution in [0.1, 0.15) is 35.9 Å². The number of alkyl halides is 3. The Morgan fingerprint density at radius 1 is 0.938 bits per heavy atom. The van der Waals surface area contributed by atoms with Crippen LogP contribution in [0.4, 0.5) is 13.2 Å². The van der Waals surface area contributed by atoms with Gasteiger partial charge in [0.2, 0.25) is 0 Å². The van der Waals surface area contributed by atoms with Gasteiger partial charge in [0.25, 0.3) is 10.2 Å². The lowest BCUT2D eigenvalue weighted by molar-refractivity contribution is -0.182. The second-order valence-electron chi connectivity index (χ2n) is 8.31. The van der Waals surface area contributed by atoms with Crippen LogP contribution in [-0.2, 0) is 10.2 Å². The van der Waals surface area contributed by atoms with E-state index in [1.54, 1.807) is 24.2 Å². The van der Waals surface area contributed by atoms with Gasteiger partial charge < -0.3 is 0 Å². The summed E-state index contributed by atoms with van der Waals surface area (Å²) in [6.07, 6.45) is -4.73. The third-order valence-electron chi connectivity index (χ3n) is 6.44. The van der Waals surface area contributed by atoms with Gasteiger partial charge in [-0.2, -0.15) is 25.9 Å². The summed E-state index contributed by atoms with van der Waals surface area (Å²) < 4.78 is 68.5. The molecule has 5 nitrogen and oxygen atoms in total. The first kappa shape index (κ1) is 23.5. The molecule has 10 heteroatoms. The lowest BCUT2D eigenvalue weighted by Gasteiger charge is -2.36. The Hall–Kier alpha value is -1.65. The Kier molecular flexibility index (Phi) is 6.57. The Balaban J connectivity index is 1.62. The molecule has 2 fully saturated rings. The van der Waals surface area contributed by atoms with Crippen LogP contribution in [0.3, 0.4) is 0 Å². The highest BCUT2D eigenvalue weighted by Crippen LogP contribution is 2.44. The van der Waals surface area contributed by atoms with Crippen molar-refractivity contribution in [2.45, 2.75) is 31.0 Å². The van der Waals surface area contributed by atoms with E-state index in [0.717, 1.165) is 11.1 Å². The molecule has 0 bridgehead atoms. The van der Waals surface area contributed by atoms with E-state index in [1.165, 1.54) is 8.72 Å². The molecule has 2 atom stereocenters. The first-order chi connectivity index (χ1) is 15.1. The van der Waals surface area contributed by atoms with Crippen LogP contribution >= 0.6 is 11.6 Å². The molecule has 2 saturated heterocycles. The maximum atomic E-state index is 13.5. The molecule has 4 rings (SSSR count). The zero-order valence-electron chi connectivity index (χ0n) is 17.5. The fourth-order valence-corrected chi connectivity index (χ4v) is 6.54. The summed E-state index contributed by atoms with van der Waals surface area (Å²) in [6.45, 7) is -0.0771. The fourth-order valence-electron chi connectivity index (χ4n) is 4.70. The van der Waals surface area contributed by atoms with Gasteiger partial charge in [-0.15, -0.1) is 4.41 Å². The molecule has 2 aromatic carbocycles. The summed E-state index contributed by atoms with van der Waals surface area (Å²) >= 11 is 6.05. The maximum absolute atomic E-state index is 13.5. The van der Waals surface area contributed by atoms with Crippen LogP contribution in [0.15, 0.2) is 54.6 Å². The number of hydrogen-bond acceptors (Lipinski definition) is 3. The molecule has 2 aliphatic rings. The van der Waals surface area contributed by atoms with E-state index < -0.39 is 22.3 Å². The average Bonchev–Trinajstić information content (AvgIpc) is 3.12. The number of benzene rings is 2. The zero-order chi connectivity index (χ0) is 23.1. The van der Waals surface area contributed by atoms with Crippen molar-refractivity contribution in [3.05, 3.63) is 70.7 Å². The molecular weight excluding hydrogens is 463 g/mol. The highest BCUT2D eigenvalue weighted by molar-refractivity contribution is 7.86. The highest BCUT2D eigenvalue weighted by Gasteiger charge is 2.49. The van der Waals surface area contributed by atoms with E-state index in [9.17, 15) is 21.6 Å². The van der Waals surface area contributed by atoms with Gasteiger partial charge in [-0.25, -0.2) is 5.01 Å². The maximum Gasteiger partial charge on any atom is 0.391 e. The predicted molar refractivity (Wildman–Crippen MR) is 117 cm³/mol. The minimum absolute atomic E-state index is 0.140. The first-order valence-electron chi connectivity index (χ1n) is 10.5. The molecule has 0 amide bonds. The van der Waals surface area contributed by atoms with Gasteiger partial charge in [0.05, 0.1) is 12.0 Å². The Morgan fingerprint density at radius 2 is 1.53 bits per heavy atom. The SMILES string of the molecule is CN1C(c2ccc(Cl)cc2)[C@H](c2ccccc2)CN1S(=O)(=O)N1CCC(C(F)(F)F)CC1. The quantitative estimate of drug-likeness (QED) is 0.619. The van der Waals surface area contributed by atoms with E-state index in [-0.39, 0.29) is 44.4 Å². The number of likely N-dealkylation sites (N-methyl/N-ethyl adjacent to an activating group) is 1. The van der Waals surface area contributed by atoms with E-state index in [4.69, 9.17) is 11.6 Å². The second kappa shape index (κ2) is 8.95. The van der Waals surface area contributed by atoms with E-state index >= 15 is 0 Å². The number of piperidine rings is 1. The third kappa shape index (κ3) is 4.54. The van der Waals surface area contributed by atoms with Gasteiger partial charge in [-0.1, -0.05) is 54.1 Å². The predicted octanol–water partition coefficient (Wildman–Crippen LogP) is 4.85. The second-order valence-corrected chi connectivity index (χ2v) is 10.6. The van der Waals surface area contributed by atoms with Gasteiger partial charge >= 0.3 is 6.18 Å². The van der Waals surface area contributed by atoms with Crippen LogP contribution in [0, 0.1) is 5.92 Å². The summed E-state index contributed by atoms with van der Waals surface area (Å²) in [5.41, 5.74) is 1.91. The van der Waals surface area contributed by atoms with Crippen molar-refractivity contribution in [3.8, 4) is 0 Å². The van der Waals surface area contributed by atoms with Crippen molar-refractivity contribution in [3.63, 3.8) is 0 Å². The first-order valence-corrected chi connectivity index (χ1v) is 12.2. The number of rotatable bonds is 4. The molecule has 1 unspecified atom stereocenters. The fraction of sp³-hybridized carbons (Fsp3) is 0.455. The molecule has 0 aliphatic carbocycles. The average molecular weight is 488 g/mol. The van der Waals surface area contributed by atoms with Crippen molar-refractivity contribution in [2.75, 3.05) is 26.7 Å². The third-order valence-corrected chi connectivity index (χ3v) is 8.65. The molecule has 2 aliphatic heterocycles. The molecule has 0 spiro atoms. The van der Waals surface area contributed by atoms with Crippen molar-refractivity contribution >= 4 is 21.8 Å². The van der Waals surface area contributed by atoms with Crippen LogP contribution < -0.4 is 0 Å². The summed E-state index contributed by atoms with van der Waals surface area (Å²) in [5, 5.41) is 2.27. The van der Waals surface area contributed by atoms with E-state index in [1.807, 2.05) is 42.5 Å². The Morgan fingerprint density at radius 3 is 2.09 bits per heavy atom. The zero-order valence-corrected chi connectivity index (χ0v) is 19.1. The molecular formula is C22H25ClF3N3O2S. The summed E-state index contributed by atoms with van der Waals surface area (Å²) in [5.74, 6) is -1.60. The van der Waals surface area contributed by atoms with Gasteiger partial charge in [-0.3, -0.25) is 0 Å². The van der Waals surface area contributed by atoms with Gasteiger partial charge in [-0.05, 0) is 36.1 Å². The van der Waals surface area contributed by atoms with E-state index in [0.29, 0.717) is 5.02 Å². The molecule has 0 N–H and O–H groups in total. The molecule has 0 radical (unpaired) electrons. The van der Waals surface area contributed by atoms with E-state index in [2.05, 4.69) is 0 Å². The topological polar surface area (TPSA) is 43.9 Å². The summed E-state index contributed by atoms with van der Waals surface area (Å²) in [7, 11) is -2.26. The number of hydrogen-bond donors (Lipinski definition) is 0. The largest absolute Gasteiger partial charge is 0.391 e. The van der Waals surface area contributed by atoms with Gasteiger partial charge in [0, 0.05) is 37.6 Å². The highest BCUT2D eigenvalue weighted by atomic mass is 35.5. The van der Waals surface area contributed by atoms with Gasteiger partial charge in [0.15, 0.2) is 0 Å². The molecule has 2 aromatic rings. The Labute approximate surface area is 191 Å². The van der Waals surface area contributed by atoms with Crippen LogP contribution in [0.25, 0.3) is 0 Å². The molecule has 0 saturated carbocycles. The van der Waals surface area contributed by atoms with Gasteiger partial charge in [0.1, 0.15) is 0 Å². The minimum atomic E-state index is -4.29. The van der Waals surface area contributed by atoms with Crippen molar-refractivity contribution < 1.29 is 21.6 Å². The smallest absolute Gasteiger partial charge is 0.222 e. The van der Waals surface area contributed by atoms with Crippen molar-refractivity contribution in [1.82, 2.24) is 13.7 Å². The molecule has 2 heterocycles. The lowest BCUT2D eigenvalue weighted by Crippen LogP contribution is -2.51. The van der Waals surface area contributed by atoms with Crippen LogP contribution in [0.2, 0.25) is 5.02 Å². The van der Waals surface area contributed by atoms with Crippen LogP contribution in [-0.4, -0.2) is 55.0 Å². The standard InChI is InChI=1S/C22H25ClF3N3O2S/c1-27-21(17-7-9-19(23)10-8-17)20(16-5-3-2-4-6-16)15-29(27)32(30,31)28-13-11-18(12-14-28)22(24,25)26/h2-10,18,20-21H,11-15H2,1H3/t20-,21?/m0/s1. The van der Waals surface area contributed by atoms with Crippen molar-refractivity contribution in [1.29, 1.82) is 0 Å². The molecule has 32 heavy (non-hydrogen) atoms. The lowest BCUT2D eigenvalue weighted by atomic mass is 9.88. The normalized spacial score (nSPS) is 24.8. The van der Waals surface area contributed by atoms with Crippen molar-refractivity contribution in [2.24, 2.45) is 5.92 Å². The number of halogens is 4.